The van der Waals surface area contributed by atoms with E-state index < -0.39 is 21.1 Å². The van der Waals surface area contributed by atoms with Crippen LogP contribution in [0.25, 0.3) is 0 Å². The Kier molecular flexibility index (Phi) is 11.9. The Hall–Kier alpha value is -0.353. The number of carboxylic acids is 1. The van der Waals surface area contributed by atoms with Gasteiger partial charge in [0.15, 0.2) is 9.04 Å². The summed E-state index contributed by atoms with van der Waals surface area (Å²) in [4.78, 5) is 11.1. The minimum Gasteiger partial charge on any atom is -0.479 e. The van der Waals surface area contributed by atoms with E-state index in [2.05, 4.69) is 20.8 Å². The van der Waals surface area contributed by atoms with E-state index in [9.17, 15) is 4.79 Å². The van der Waals surface area contributed by atoms with Crippen molar-refractivity contribution in [2.24, 2.45) is 5.41 Å². The lowest BCUT2D eigenvalue weighted by atomic mass is 9.89. The Balaban J connectivity index is 3.44. The van der Waals surface area contributed by atoms with Crippen molar-refractivity contribution in [2.45, 2.75) is 104 Å². The Morgan fingerprint density at radius 2 is 1.41 bits per heavy atom. The van der Waals surface area contributed by atoms with Crippen molar-refractivity contribution < 1.29 is 14.3 Å². The largest absolute Gasteiger partial charge is 0.479 e. The Morgan fingerprint density at radius 3 is 1.82 bits per heavy atom. The van der Waals surface area contributed by atoms with Crippen LogP contribution in [0, 0.1) is 5.41 Å². The fourth-order valence-corrected chi connectivity index (χ4v) is 3.53. The van der Waals surface area contributed by atoms with Crippen molar-refractivity contribution in [1.82, 2.24) is 0 Å². The number of hydrogen-bond donors (Lipinski definition) is 1. The summed E-state index contributed by atoms with van der Waals surface area (Å²) in [7, 11) is -1.26. The first-order valence-corrected chi connectivity index (χ1v) is 11.9. The van der Waals surface area contributed by atoms with E-state index in [4.69, 9.17) is 9.53 Å². The lowest BCUT2D eigenvalue weighted by molar-refractivity contribution is -0.145. The van der Waals surface area contributed by atoms with E-state index in [1.165, 1.54) is 44.9 Å². The predicted octanol–water partition coefficient (Wildman–Crippen LogP) is 5.39. The Bertz CT molecular complexity index is 285. The van der Waals surface area contributed by atoms with Crippen LogP contribution in [0.2, 0.25) is 13.1 Å². The number of aliphatic carboxylic acids is 1. The Labute approximate surface area is 139 Å². The van der Waals surface area contributed by atoms with E-state index >= 15 is 0 Å². The summed E-state index contributed by atoms with van der Waals surface area (Å²) >= 11 is 0. The molecule has 0 bridgehead atoms. The summed E-state index contributed by atoms with van der Waals surface area (Å²) in [5, 5.41) is 9.10. The second kappa shape index (κ2) is 12.1. The van der Waals surface area contributed by atoms with Gasteiger partial charge < -0.3 is 9.53 Å². The van der Waals surface area contributed by atoms with Gasteiger partial charge in [0.05, 0.1) is 0 Å². The zero-order valence-corrected chi connectivity index (χ0v) is 16.6. The summed E-state index contributed by atoms with van der Waals surface area (Å²) in [5.74, 6) is -0.792. The summed E-state index contributed by atoms with van der Waals surface area (Å²) in [6.07, 6.45) is 11.4. The topological polar surface area (TPSA) is 46.5 Å². The Morgan fingerprint density at radius 1 is 0.955 bits per heavy atom. The van der Waals surface area contributed by atoms with Gasteiger partial charge in [-0.25, -0.2) is 4.79 Å². The van der Waals surface area contributed by atoms with E-state index in [0.717, 1.165) is 12.8 Å². The smallest absolute Gasteiger partial charge is 0.331 e. The van der Waals surface area contributed by atoms with Crippen LogP contribution >= 0.6 is 0 Å². The monoisotopic (exact) mass is 330 g/mol. The highest BCUT2D eigenvalue weighted by Gasteiger charge is 2.18. The number of rotatable bonds is 13. The van der Waals surface area contributed by atoms with Gasteiger partial charge in [-0.05, 0) is 31.4 Å². The summed E-state index contributed by atoms with van der Waals surface area (Å²) in [6, 6.07) is 0. The van der Waals surface area contributed by atoms with Crippen LogP contribution in [0.4, 0.5) is 0 Å². The number of unbranched alkanes of at least 4 members (excludes halogenated alkanes) is 7. The third-order valence-corrected chi connectivity index (χ3v) is 4.73. The zero-order valence-electron chi connectivity index (χ0n) is 15.5. The van der Waals surface area contributed by atoms with Crippen LogP contribution in [-0.2, 0) is 9.22 Å². The molecule has 0 aliphatic rings. The van der Waals surface area contributed by atoms with Gasteiger partial charge in [0.25, 0.3) is 0 Å². The number of carboxylic acid groups (broad SMARTS) is 1. The lowest BCUT2D eigenvalue weighted by Gasteiger charge is -2.17. The molecule has 0 aromatic carbocycles. The molecule has 0 aromatic rings. The molecule has 0 saturated carbocycles. The molecule has 0 radical (unpaired) electrons. The molecule has 4 heteroatoms. The molecule has 22 heavy (non-hydrogen) atoms. The first-order chi connectivity index (χ1) is 10.2. The van der Waals surface area contributed by atoms with E-state index in [-0.39, 0.29) is 0 Å². The van der Waals surface area contributed by atoms with Crippen LogP contribution in [0.15, 0.2) is 0 Å². The fraction of sp³-hybridized carbons (Fsp3) is 0.944. The van der Waals surface area contributed by atoms with Crippen molar-refractivity contribution in [1.29, 1.82) is 0 Å². The maximum absolute atomic E-state index is 11.1. The van der Waals surface area contributed by atoms with Gasteiger partial charge in [-0.2, -0.15) is 0 Å². The molecule has 0 aromatic heterocycles. The maximum Gasteiger partial charge on any atom is 0.331 e. The molecule has 1 unspecified atom stereocenters. The molecule has 1 atom stereocenters. The highest BCUT2D eigenvalue weighted by Crippen LogP contribution is 2.22. The van der Waals surface area contributed by atoms with Crippen LogP contribution in [0.5, 0.6) is 0 Å². The molecule has 0 rings (SSSR count). The summed E-state index contributed by atoms with van der Waals surface area (Å²) < 4.78 is 5.55. The molecule has 0 fully saturated rings. The van der Waals surface area contributed by atoms with Crippen molar-refractivity contribution in [2.75, 3.05) is 0 Å². The van der Waals surface area contributed by atoms with Gasteiger partial charge in [-0.15, -0.1) is 0 Å². The molecule has 3 nitrogen and oxygen atoms in total. The van der Waals surface area contributed by atoms with E-state index in [1.54, 1.807) is 0 Å². The zero-order chi connectivity index (χ0) is 17.0. The quantitative estimate of drug-likeness (QED) is 0.364. The molecule has 0 amide bonds. The van der Waals surface area contributed by atoms with Crippen molar-refractivity contribution >= 4 is 15.0 Å². The molecule has 0 aliphatic heterocycles. The summed E-state index contributed by atoms with van der Waals surface area (Å²) in [6.45, 7) is 11.0. The maximum atomic E-state index is 11.1. The third kappa shape index (κ3) is 14.6. The van der Waals surface area contributed by atoms with Crippen molar-refractivity contribution in [3.8, 4) is 0 Å². The van der Waals surface area contributed by atoms with Gasteiger partial charge in [0.2, 0.25) is 0 Å². The highest BCUT2D eigenvalue weighted by atomic mass is 28.3. The van der Waals surface area contributed by atoms with Crippen molar-refractivity contribution in [3.05, 3.63) is 0 Å². The van der Waals surface area contributed by atoms with Crippen LogP contribution in [-0.4, -0.2) is 26.2 Å². The SMILES string of the molecule is C[SiH](C)OC(CCCCCCCCCCC(C)(C)C)C(=O)O. The number of hydrogen-bond acceptors (Lipinski definition) is 2. The fourth-order valence-electron chi connectivity index (χ4n) is 2.62. The lowest BCUT2D eigenvalue weighted by Crippen LogP contribution is -2.28. The van der Waals surface area contributed by atoms with Gasteiger partial charge in [0, 0.05) is 0 Å². The van der Waals surface area contributed by atoms with Crippen LogP contribution < -0.4 is 0 Å². The number of carbonyl (C=O) groups is 1. The average Bonchev–Trinajstić information content (AvgIpc) is 2.37. The standard InChI is InChI=1S/C18H38O3Si/c1-18(2,3)15-13-11-9-7-6-8-10-12-14-16(17(19)20)21-22(4)5/h16,22H,6-15H2,1-5H3,(H,19,20). The second-order valence-corrected chi connectivity index (χ2v) is 10.3. The average molecular weight is 331 g/mol. The predicted molar refractivity (Wildman–Crippen MR) is 97.0 cm³/mol. The van der Waals surface area contributed by atoms with Gasteiger partial charge in [-0.3, -0.25) is 0 Å². The minimum atomic E-state index is -1.26. The minimum absolute atomic E-state index is 0.474. The molecular weight excluding hydrogens is 292 g/mol. The van der Waals surface area contributed by atoms with Crippen LogP contribution in [0.3, 0.4) is 0 Å². The normalized spacial score (nSPS) is 13.5. The van der Waals surface area contributed by atoms with E-state index in [1.807, 2.05) is 13.1 Å². The second-order valence-electron chi connectivity index (χ2n) is 7.94. The molecule has 0 spiro atoms. The highest BCUT2D eigenvalue weighted by molar-refractivity contribution is 6.48. The third-order valence-electron chi connectivity index (χ3n) is 3.85. The molecule has 132 valence electrons. The van der Waals surface area contributed by atoms with Gasteiger partial charge >= 0.3 is 5.97 Å². The molecule has 0 heterocycles. The molecule has 0 saturated heterocycles. The molecular formula is C18H38O3Si. The molecule has 1 N–H and O–H groups in total. The van der Waals surface area contributed by atoms with Gasteiger partial charge in [-0.1, -0.05) is 72.1 Å². The first kappa shape index (κ1) is 21.6. The van der Waals surface area contributed by atoms with Gasteiger partial charge in [0.1, 0.15) is 6.10 Å². The van der Waals surface area contributed by atoms with E-state index in [0.29, 0.717) is 11.8 Å². The van der Waals surface area contributed by atoms with Crippen molar-refractivity contribution in [3.63, 3.8) is 0 Å². The first-order valence-electron chi connectivity index (χ1n) is 9.10. The molecule has 0 aliphatic carbocycles. The van der Waals surface area contributed by atoms with Crippen LogP contribution in [0.1, 0.15) is 85.0 Å². The summed E-state index contributed by atoms with van der Waals surface area (Å²) in [5.41, 5.74) is 0.474.